The van der Waals surface area contributed by atoms with Crippen LogP contribution >= 0.6 is 0 Å². The van der Waals surface area contributed by atoms with Crippen LogP contribution in [0.3, 0.4) is 0 Å². The number of nitrogens with two attached hydrogens (primary N) is 1. The topological polar surface area (TPSA) is 91.4 Å². The van der Waals surface area contributed by atoms with Gasteiger partial charge in [-0.1, -0.05) is 18.2 Å². The zero-order valence-corrected chi connectivity index (χ0v) is 10.9. The fourth-order valence-electron chi connectivity index (χ4n) is 1.92. The van der Waals surface area contributed by atoms with Crippen LogP contribution in [-0.2, 0) is 6.54 Å². The van der Waals surface area contributed by atoms with Gasteiger partial charge in [-0.3, -0.25) is 4.98 Å². The highest BCUT2D eigenvalue weighted by molar-refractivity contribution is 5.93. The Morgan fingerprint density at radius 1 is 1.26 bits per heavy atom. The minimum atomic E-state index is -0.798. The quantitative estimate of drug-likeness (QED) is 0.640. The molecule has 5 heteroatoms. The van der Waals surface area contributed by atoms with Crippen LogP contribution in [0.2, 0.25) is 0 Å². The molecule has 2 rings (SSSR count). The molecule has 5 nitrogen and oxygen atoms in total. The number of anilines is 1. The van der Waals surface area contributed by atoms with Gasteiger partial charge in [0.25, 0.3) is 0 Å². The molecule has 0 aliphatic heterocycles. The van der Waals surface area contributed by atoms with E-state index in [1.807, 2.05) is 24.3 Å². The van der Waals surface area contributed by atoms with E-state index in [-0.39, 0.29) is 13.2 Å². The molecule has 2 aromatic rings. The Bertz CT molecular complexity index is 568. The molecule has 0 saturated carbocycles. The van der Waals surface area contributed by atoms with E-state index >= 15 is 0 Å². The lowest BCUT2D eigenvalue weighted by Gasteiger charge is -2.29. The Labute approximate surface area is 112 Å². The van der Waals surface area contributed by atoms with Crippen molar-refractivity contribution in [2.75, 3.05) is 18.5 Å². The Morgan fingerprint density at radius 3 is 2.58 bits per heavy atom. The van der Waals surface area contributed by atoms with Gasteiger partial charge in [-0.05, 0) is 13.0 Å². The number of hydrogen-bond donors (Lipinski definition) is 4. The molecule has 0 unspecified atom stereocenters. The monoisotopic (exact) mass is 261 g/mol. The summed E-state index contributed by atoms with van der Waals surface area (Å²) in [6.45, 7) is 1.74. The van der Waals surface area contributed by atoms with Crippen molar-refractivity contribution in [3.63, 3.8) is 0 Å². The zero-order chi connectivity index (χ0) is 13.9. The van der Waals surface area contributed by atoms with Gasteiger partial charge < -0.3 is 21.3 Å². The molecule has 0 bridgehead atoms. The number of nitrogens with zero attached hydrogens (tertiary/aromatic N) is 1. The van der Waals surface area contributed by atoms with Crippen molar-refractivity contribution in [1.82, 2.24) is 4.98 Å². The number of fused-ring (bicyclic) bond motifs is 1. The number of benzene rings is 1. The lowest BCUT2D eigenvalue weighted by Crippen LogP contribution is -2.43. The molecule has 0 amide bonds. The van der Waals surface area contributed by atoms with Crippen LogP contribution < -0.4 is 11.1 Å². The second-order valence-electron chi connectivity index (χ2n) is 4.88. The summed E-state index contributed by atoms with van der Waals surface area (Å²) in [6.07, 6.45) is 1.72. The van der Waals surface area contributed by atoms with Crippen molar-refractivity contribution in [2.24, 2.45) is 5.73 Å². The molecule has 0 saturated heterocycles. The second kappa shape index (κ2) is 5.52. The normalized spacial score (nSPS) is 11.8. The van der Waals surface area contributed by atoms with Crippen LogP contribution in [0.25, 0.3) is 10.9 Å². The number of hydrogen-bond acceptors (Lipinski definition) is 5. The number of nitrogens with one attached hydrogen (secondary N) is 1. The predicted octanol–water partition coefficient (Wildman–Crippen LogP) is 0.849. The van der Waals surface area contributed by atoms with Crippen LogP contribution in [0.5, 0.6) is 0 Å². The highest BCUT2D eigenvalue weighted by Gasteiger charge is 2.24. The van der Waals surface area contributed by atoms with Gasteiger partial charge in [-0.25, -0.2) is 0 Å². The summed E-state index contributed by atoms with van der Waals surface area (Å²) in [4.78, 5) is 4.35. The second-order valence-corrected chi connectivity index (χ2v) is 4.88. The van der Waals surface area contributed by atoms with E-state index in [1.165, 1.54) is 0 Å². The number of pyridine rings is 1. The number of aliphatic hydroxyl groups is 2. The number of aromatic nitrogens is 1. The third-order valence-corrected chi connectivity index (χ3v) is 3.20. The minimum Gasteiger partial charge on any atom is -0.394 e. The zero-order valence-electron chi connectivity index (χ0n) is 10.9. The van der Waals surface area contributed by atoms with Gasteiger partial charge in [0.2, 0.25) is 0 Å². The van der Waals surface area contributed by atoms with Crippen LogP contribution in [0.4, 0.5) is 5.69 Å². The van der Waals surface area contributed by atoms with Crippen molar-refractivity contribution >= 4 is 16.6 Å². The fraction of sp³-hybridized carbons (Fsp3) is 0.357. The lowest BCUT2D eigenvalue weighted by atomic mass is 10.0. The Hall–Kier alpha value is -1.69. The summed E-state index contributed by atoms with van der Waals surface area (Å²) in [7, 11) is 0. The largest absolute Gasteiger partial charge is 0.394 e. The average Bonchev–Trinajstić information content (AvgIpc) is 2.47. The summed E-state index contributed by atoms with van der Waals surface area (Å²) in [5.41, 5.74) is 7.46. The summed E-state index contributed by atoms with van der Waals surface area (Å²) >= 11 is 0. The molecule has 102 valence electrons. The summed E-state index contributed by atoms with van der Waals surface area (Å²) in [5, 5.41) is 23.0. The van der Waals surface area contributed by atoms with Crippen LogP contribution in [0.1, 0.15) is 12.5 Å². The van der Waals surface area contributed by atoms with Crippen molar-refractivity contribution < 1.29 is 10.2 Å². The molecule has 0 atom stereocenters. The Kier molecular flexibility index (Phi) is 3.99. The SMILES string of the molecule is CC(CO)(CO)Nc1c(CN)cnc2ccccc12. The average molecular weight is 261 g/mol. The van der Waals surface area contributed by atoms with Crippen LogP contribution in [-0.4, -0.2) is 33.9 Å². The van der Waals surface area contributed by atoms with E-state index in [9.17, 15) is 10.2 Å². The molecule has 0 aliphatic rings. The molecule has 5 N–H and O–H groups in total. The van der Waals surface area contributed by atoms with E-state index in [0.29, 0.717) is 6.54 Å². The van der Waals surface area contributed by atoms with Gasteiger partial charge in [0.1, 0.15) is 0 Å². The number of rotatable bonds is 5. The van der Waals surface area contributed by atoms with Gasteiger partial charge in [-0.2, -0.15) is 0 Å². The molecule has 1 aromatic heterocycles. The molecular formula is C14H19N3O2. The first-order valence-corrected chi connectivity index (χ1v) is 6.20. The predicted molar refractivity (Wildman–Crippen MR) is 75.8 cm³/mol. The van der Waals surface area contributed by atoms with Gasteiger partial charge >= 0.3 is 0 Å². The highest BCUT2D eigenvalue weighted by Crippen LogP contribution is 2.28. The number of para-hydroxylation sites is 1. The smallest absolute Gasteiger partial charge is 0.0806 e. The number of aliphatic hydroxyl groups excluding tert-OH is 2. The highest BCUT2D eigenvalue weighted by atomic mass is 16.3. The first-order valence-electron chi connectivity index (χ1n) is 6.20. The summed E-state index contributed by atoms with van der Waals surface area (Å²) < 4.78 is 0. The first-order chi connectivity index (χ1) is 9.13. The van der Waals surface area contributed by atoms with E-state index in [0.717, 1.165) is 22.2 Å². The van der Waals surface area contributed by atoms with E-state index in [2.05, 4.69) is 10.3 Å². The third-order valence-electron chi connectivity index (χ3n) is 3.20. The fourth-order valence-corrected chi connectivity index (χ4v) is 1.92. The third kappa shape index (κ3) is 2.68. The molecule has 1 aromatic carbocycles. The van der Waals surface area contributed by atoms with E-state index in [4.69, 9.17) is 5.73 Å². The molecule has 19 heavy (non-hydrogen) atoms. The van der Waals surface area contributed by atoms with Gasteiger partial charge in [0.15, 0.2) is 0 Å². The lowest BCUT2D eigenvalue weighted by molar-refractivity contribution is 0.147. The summed E-state index contributed by atoms with van der Waals surface area (Å²) in [6, 6.07) is 7.69. The van der Waals surface area contributed by atoms with Gasteiger partial charge in [0.05, 0.1) is 30.0 Å². The first kappa shape index (κ1) is 13.7. The Balaban J connectivity index is 2.56. The van der Waals surface area contributed by atoms with E-state index in [1.54, 1.807) is 13.1 Å². The van der Waals surface area contributed by atoms with Crippen LogP contribution in [0.15, 0.2) is 30.5 Å². The maximum absolute atomic E-state index is 9.41. The van der Waals surface area contributed by atoms with Crippen molar-refractivity contribution in [2.45, 2.75) is 19.0 Å². The molecule has 0 aliphatic carbocycles. The Morgan fingerprint density at radius 2 is 1.95 bits per heavy atom. The van der Waals surface area contributed by atoms with Crippen molar-refractivity contribution in [3.8, 4) is 0 Å². The summed E-state index contributed by atoms with van der Waals surface area (Å²) in [5.74, 6) is 0. The van der Waals surface area contributed by atoms with Crippen molar-refractivity contribution in [3.05, 3.63) is 36.0 Å². The maximum Gasteiger partial charge on any atom is 0.0806 e. The standard InChI is InChI=1S/C14H19N3O2/c1-14(8-18,9-19)17-13-10(6-15)7-16-12-5-3-2-4-11(12)13/h2-5,7,18-19H,6,8-9,15H2,1H3,(H,16,17). The van der Waals surface area contributed by atoms with Crippen LogP contribution in [0, 0.1) is 0 Å². The molecule has 1 heterocycles. The molecule has 0 spiro atoms. The molecule has 0 radical (unpaired) electrons. The molecular weight excluding hydrogens is 242 g/mol. The maximum atomic E-state index is 9.41. The van der Waals surface area contributed by atoms with Crippen molar-refractivity contribution in [1.29, 1.82) is 0 Å². The van der Waals surface area contributed by atoms with Gasteiger partial charge in [0, 0.05) is 23.7 Å². The minimum absolute atomic E-state index is 0.176. The van der Waals surface area contributed by atoms with Gasteiger partial charge in [-0.15, -0.1) is 0 Å². The van der Waals surface area contributed by atoms with E-state index < -0.39 is 5.54 Å². The molecule has 0 fully saturated rings.